The molecule has 1 fully saturated rings. The Bertz CT molecular complexity index is 667. The lowest BCUT2D eigenvalue weighted by molar-refractivity contribution is -0.141. The topological polar surface area (TPSA) is 96.5 Å². The number of hydrogen-bond acceptors (Lipinski definition) is 6. The fraction of sp³-hybridized carbons (Fsp3) is 0.429. The van der Waals surface area contributed by atoms with Gasteiger partial charge in [-0.1, -0.05) is 0 Å². The Kier molecular flexibility index (Phi) is 4.19. The molecule has 1 aliphatic rings. The number of hydrogen-bond donors (Lipinski definition) is 1. The monoisotopic (exact) mass is 321 g/mol. The summed E-state index contributed by atoms with van der Waals surface area (Å²) >= 11 is 1.54. The molecule has 1 N–H and O–H groups in total. The zero-order valence-electron chi connectivity index (χ0n) is 11.8. The van der Waals surface area contributed by atoms with Crippen LogP contribution in [-0.2, 0) is 16.0 Å². The second-order valence-electron chi connectivity index (χ2n) is 5.18. The predicted molar refractivity (Wildman–Crippen MR) is 78.3 cm³/mol. The van der Waals surface area contributed by atoms with Crippen LogP contribution in [0.4, 0.5) is 0 Å². The van der Waals surface area contributed by atoms with Crippen LogP contribution in [0.15, 0.2) is 21.2 Å². The standard InChI is InChI=1S/C14H15N3O4S/c18-12(17-5-3-9(7-17)14(19)20)2-1-11-15-16-13(21-11)10-4-6-22-8-10/h4,6,8-9H,1-3,5,7H2,(H,19,20). The molecule has 0 aliphatic carbocycles. The van der Waals surface area contributed by atoms with Gasteiger partial charge in [-0.05, 0) is 17.9 Å². The minimum Gasteiger partial charge on any atom is -0.481 e. The van der Waals surface area contributed by atoms with Crippen molar-refractivity contribution in [2.24, 2.45) is 5.92 Å². The van der Waals surface area contributed by atoms with E-state index in [-0.39, 0.29) is 18.9 Å². The highest BCUT2D eigenvalue weighted by molar-refractivity contribution is 7.08. The summed E-state index contributed by atoms with van der Waals surface area (Å²) in [6.07, 6.45) is 1.13. The van der Waals surface area contributed by atoms with Gasteiger partial charge < -0.3 is 14.4 Å². The van der Waals surface area contributed by atoms with Crippen molar-refractivity contribution < 1.29 is 19.1 Å². The number of aromatic nitrogens is 2. The lowest BCUT2D eigenvalue weighted by atomic mass is 10.1. The highest BCUT2D eigenvalue weighted by atomic mass is 32.1. The summed E-state index contributed by atoms with van der Waals surface area (Å²) in [7, 11) is 0. The third kappa shape index (κ3) is 3.16. The van der Waals surface area contributed by atoms with E-state index >= 15 is 0 Å². The quantitative estimate of drug-likeness (QED) is 0.899. The van der Waals surface area contributed by atoms with Gasteiger partial charge >= 0.3 is 5.97 Å². The molecule has 2 aromatic heterocycles. The maximum Gasteiger partial charge on any atom is 0.308 e. The highest BCUT2D eigenvalue weighted by Crippen LogP contribution is 2.21. The lowest BCUT2D eigenvalue weighted by Gasteiger charge is -2.14. The first-order valence-corrected chi connectivity index (χ1v) is 7.93. The second-order valence-corrected chi connectivity index (χ2v) is 5.96. The zero-order chi connectivity index (χ0) is 15.5. The fourth-order valence-electron chi connectivity index (χ4n) is 2.42. The molecule has 116 valence electrons. The van der Waals surface area contributed by atoms with E-state index in [0.29, 0.717) is 31.2 Å². The molecule has 3 heterocycles. The van der Waals surface area contributed by atoms with Crippen molar-refractivity contribution in [3.05, 3.63) is 22.7 Å². The first kappa shape index (κ1) is 14.7. The summed E-state index contributed by atoms with van der Waals surface area (Å²) in [5.41, 5.74) is 0.874. The molecule has 3 rings (SSSR count). The zero-order valence-corrected chi connectivity index (χ0v) is 12.6. The van der Waals surface area contributed by atoms with Gasteiger partial charge in [0.1, 0.15) is 0 Å². The van der Waals surface area contributed by atoms with Crippen LogP contribution in [0.5, 0.6) is 0 Å². The van der Waals surface area contributed by atoms with Crippen molar-refractivity contribution in [2.45, 2.75) is 19.3 Å². The third-order valence-corrected chi connectivity index (χ3v) is 4.36. The van der Waals surface area contributed by atoms with Crippen molar-refractivity contribution >= 4 is 23.2 Å². The van der Waals surface area contributed by atoms with Gasteiger partial charge in [0.15, 0.2) is 0 Å². The minimum absolute atomic E-state index is 0.0703. The van der Waals surface area contributed by atoms with Gasteiger partial charge in [-0.3, -0.25) is 9.59 Å². The van der Waals surface area contributed by atoms with Crippen molar-refractivity contribution in [2.75, 3.05) is 13.1 Å². The van der Waals surface area contributed by atoms with Gasteiger partial charge in [0.25, 0.3) is 0 Å². The SMILES string of the molecule is O=C(O)C1CCN(C(=O)CCc2nnc(-c3ccsc3)o2)C1. The smallest absolute Gasteiger partial charge is 0.308 e. The van der Waals surface area contributed by atoms with Crippen LogP contribution in [0.2, 0.25) is 0 Å². The van der Waals surface area contributed by atoms with Crippen LogP contribution in [0.25, 0.3) is 11.5 Å². The first-order chi connectivity index (χ1) is 10.6. The molecule has 1 unspecified atom stereocenters. The minimum atomic E-state index is -0.840. The molecule has 2 aromatic rings. The maximum atomic E-state index is 12.1. The average molecular weight is 321 g/mol. The molecule has 1 saturated heterocycles. The number of amides is 1. The van der Waals surface area contributed by atoms with Crippen LogP contribution in [0.1, 0.15) is 18.7 Å². The summed E-state index contributed by atoms with van der Waals surface area (Å²) in [6, 6.07) is 1.89. The van der Waals surface area contributed by atoms with Crippen molar-refractivity contribution in [1.29, 1.82) is 0 Å². The summed E-state index contributed by atoms with van der Waals surface area (Å²) in [5.74, 6) is -0.483. The number of rotatable bonds is 5. The third-order valence-electron chi connectivity index (χ3n) is 3.68. The number of carbonyl (C=O) groups is 2. The Balaban J connectivity index is 1.52. The van der Waals surface area contributed by atoms with Gasteiger partial charge in [0.2, 0.25) is 17.7 Å². The maximum absolute atomic E-state index is 12.1. The van der Waals surface area contributed by atoms with E-state index in [1.54, 1.807) is 16.2 Å². The lowest BCUT2D eigenvalue weighted by Crippen LogP contribution is -2.30. The summed E-state index contributed by atoms with van der Waals surface area (Å²) in [6.45, 7) is 0.790. The van der Waals surface area contributed by atoms with Crippen LogP contribution in [-0.4, -0.2) is 45.2 Å². The largest absolute Gasteiger partial charge is 0.481 e. The molecule has 0 bridgehead atoms. The summed E-state index contributed by atoms with van der Waals surface area (Å²) in [4.78, 5) is 24.6. The van der Waals surface area contributed by atoms with Crippen LogP contribution in [0, 0.1) is 5.92 Å². The molecule has 7 nitrogen and oxygen atoms in total. The molecule has 0 radical (unpaired) electrons. The van der Waals surface area contributed by atoms with Gasteiger partial charge in [0.05, 0.1) is 5.92 Å². The summed E-state index contributed by atoms with van der Waals surface area (Å²) < 4.78 is 5.52. The van der Waals surface area contributed by atoms with Crippen molar-refractivity contribution in [3.8, 4) is 11.5 Å². The van der Waals surface area contributed by atoms with Gasteiger partial charge in [-0.25, -0.2) is 0 Å². The molecule has 0 aromatic carbocycles. The van der Waals surface area contributed by atoms with Crippen LogP contribution in [0.3, 0.4) is 0 Å². The van der Waals surface area contributed by atoms with E-state index in [9.17, 15) is 9.59 Å². The Morgan fingerprint density at radius 1 is 1.45 bits per heavy atom. The molecular formula is C14H15N3O4S. The number of nitrogens with zero attached hydrogens (tertiary/aromatic N) is 3. The molecule has 1 aliphatic heterocycles. The number of thiophene rings is 1. The van der Waals surface area contributed by atoms with Gasteiger partial charge in [-0.2, -0.15) is 11.3 Å². The Morgan fingerprint density at radius 2 is 2.32 bits per heavy atom. The molecule has 0 saturated carbocycles. The molecule has 22 heavy (non-hydrogen) atoms. The fourth-order valence-corrected chi connectivity index (χ4v) is 3.05. The van der Waals surface area contributed by atoms with E-state index in [0.717, 1.165) is 5.56 Å². The molecule has 1 atom stereocenters. The molecule has 1 amide bonds. The Morgan fingerprint density at radius 3 is 3.00 bits per heavy atom. The number of likely N-dealkylation sites (tertiary alicyclic amines) is 1. The number of aryl methyl sites for hydroxylation is 1. The van der Waals surface area contributed by atoms with E-state index in [1.807, 2.05) is 16.8 Å². The number of aliphatic carboxylic acids is 1. The summed E-state index contributed by atoms with van der Waals surface area (Å²) in [5, 5.41) is 20.7. The molecule has 8 heteroatoms. The molecule has 0 spiro atoms. The van der Waals surface area contributed by atoms with Crippen LogP contribution >= 0.6 is 11.3 Å². The number of carbonyl (C=O) groups excluding carboxylic acids is 1. The van der Waals surface area contributed by atoms with Crippen LogP contribution < -0.4 is 0 Å². The van der Waals surface area contributed by atoms with Gasteiger partial charge in [0, 0.05) is 36.9 Å². The Hall–Kier alpha value is -2.22. The normalized spacial score (nSPS) is 17.8. The van der Waals surface area contributed by atoms with E-state index in [4.69, 9.17) is 9.52 Å². The number of carboxylic acid groups (broad SMARTS) is 1. The van der Waals surface area contributed by atoms with E-state index < -0.39 is 11.9 Å². The Labute approximate surface area is 130 Å². The van der Waals surface area contributed by atoms with Crippen molar-refractivity contribution in [3.63, 3.8) is 0 Å². The predicted octanol–water partition coefficient (Wildman–Crippen LogP) is 1.66. The van der Waals surface area contributed by atoms with E-state index in [1.165, 1.54) is 0 Å². The average Bonchev–Trinajstić information content (AvgIpc) is 3.23. The highest BCUT2D eigenvalue weighted by Gasteiger charge is 2.30. The van der Waals surface area contributed by atoms with Gasteiger partial charge in [-0.15, -0.1) is 10.2 Å². The first-order valence-electron chi connectivity index (χ1n) is 6.99. The number of carboxylic acids is 1. The molecular weight excluding hydrogens is 306 g/mol. The van der Waals surface area contributed by atoms with Crippen molar-refractivity contribution in [1.82, 2.24) is 15.1 Å². The van der Waals surface area contributed by atoms with E-state index in [2.05, 4.69) is 10.2 Å². The second kappa shape index (κ2) is 6.27.